The number of hydrogen-bond acceptors (Lipinski definition) is 4. The first-order valence-electron chi connectivity index (χ1n) is 12.3. The number of rotatable bonds is 4. The van der Waals surface area contributed by atoms with E-state index in [2.05, 4.69) is 11.9 Å². The maximum Gasteiger partial charge on any atom is 0.503 e. The number of hydrogen-bond donors (Lipinski definition) is 2. The minimum atomic E-state index is -4.33. The van der Waals surface area contributed by atoms with Gasteiger partial charge >= 0.3 is 12.3 Å². The standard InChI is InChI=1S/C25H28F3N3OS.CH2O3/c1-16-4-6-17(7-5-16)12-23(32)30-10-8-19-20-3-2-9-29-24(20)31(21(19)14-30)13-18-11-22(33-15-18)25(26,27)28;2-1(3)4/h2-3,9,11,15-17H,4-8,10,12-14H2,1H3;(H2,2,3,4)/t16-,17+;. The van der Waals surface area contributed by atoms with Gasteiger partial charge in [-0.1, -0.05) is 19.8 Å². The third-order valence-electron chi connectivity index (χ3n) is 7.24. The molecule has 0 aromatic carbocycles. The first-order chi connectivity index (χ1) is 17.5. The van der Waals surface area contributed by atoms with Crippen molar-refractivity contribution in [3.05, 3.63) is 51.5 Å². The van der Waals surface area contributed by atoms with Crippen LogP contribution in [0.2, 0.25) is 0 Å². The van der Waals surface area contributed by atoms with Crippen LogP contribution in [0, 0.1) is 11.8 Å². The van der Waals surface area contributed by atoms with Gasteiger partial charge in [0.1, 0.15) is 10.5 Å². The largest absolute Gasteiger partial charge is 0.503 e. The van der Waals surface area contributed by atoms with Crippen LogP contribution in [0.5, 0.6) is 0 Å². The molecule has 37 heavy (non-hydrogen) atoms. The molecule has 0 spiro atoms. The van der Waals surface area contributed by atoms with Gasteiger partial charge in [0.25, 0.3) is 0 Å². The molecule has 1 saturated carbocycles. The van der Waals surface area contributed by atoms with Crippen LogP contribution in [-0.2, 0) is 30.5 Å². The van der Waals surface area contributed by atoms with Crippen molar-refractivity contribution >= 4 is 34.4 Å². The maximum atomic E-state index is 13.1. The number of amides is 1. The van der Waals surface area contributed by atoms with E-state index in [1.807, 2.05) is 21.6 Å². The van der Waals surface area contributed by atoms with Gasteiger partial charge < -0.3 is 19.7 Å². The third kappa shape index (κ3) is 6.44. The van der Waals surface area contributed by atoms with E-state index in [9.17, 15) is 18.0 Å². The molecule has 0 unspecified atom stereocenters. The molecule has 7 nitrogen and oxygen atoms in total. The molecular formula is C26H30F3N3O4S. The highest BCUT2D eigenvalue weighted by atomic mass is 32.1. The van der Waals surface area contributed by atoms with Gasteiger partial charge in [-0.05, 0) is 65.8 Å². The van der Waals surface area contributed by atoms with E-state index in [-0.39, 0.29) is 5.91 Å². The number of carboxylic acid groups (broad SMARTS) is 2. The van der Waals surface area contributed by atoms with E-state index in [4.69, 9.17) is 15.0 Å². The van der Waals surface area contributed by atoms with Crippen molar-refractivity contribution in [2.24, 2.45) is 11.8 Å². The minimum absolute atomic E-state index is 0.194. The third-order valence-corrected chi connectivity index (χ3v) is 8.26. The maximum absolute atomic E-state index is 13.1. The normalized spacial score (nSPS) is 19.7. The molecule has 3 aromatic rings. The van der Waals surface area contributed by atoms with Crippen molar-refractivity contribution in [1.82, 2.24) is 14.5 Å². The Bertz CT molecular complexity index is 1260. The lowest BCUT2D eigenvalue weighted by atomic mass is 9.81. The molecular weight excluding hydrogens is 507 g/mol. The Kier molecular flexibility index (Phi) is 8.11. The quantitative estimate of drug-likeness (QED) is 0.397. The highest BCUT2D eigenvalue weighted by molar-refractivity contribution is 7.10. The van der Waals surface area contributed by atoms with Crippen LogP contribution >= 0.6 is 11.3 Å². The zero-order valence-corrected chi connectivity index (χ0v) is 21.3. The molecule has 4 heterocycles. The fourth-order valence-electron chi connectivity index (χ4n) is 5.34. The summed E-state index contributed by atoms with van der Waals surface area (Å²) in [6, 6.07) is 5.13. The highest BCUT2D eigenvalue weighted by Gasteiger charge is 2.33. The Morgan fingerprint density at radius 2 is 1.89 bits per heavy atom. The Hall–Kier alpha value is -3.08. The van der Waals surface area contributed by atoms with Crippen LogP contribution in [0.15, 0.2) is 29.8 Å². The van der Waals surface area contributed by atoms with E-state index >= 15 is 0 Å². The van der Waals surface area contributed by atoms with Crippen molar-refractivity contribution in [3.63, 3.8) is 0 Å². The topological polar surface area (TPSA) is 95.7 Å². The second-order valence-corrected chi connectivity index (χ2v) is 10.8. The van der Waals surface area contributed by atoms with Gasteiger partial charge in [0, 0.05) is 30.2 Å². The van der Waals surface area contributed by atoms with Gasteiger partial charge in [0.05, 0.1) is 13.1 Å². The van der Waals surface area contributed by atoms with Crippen molar-refractivity contribution in [1.29, 1.82) is 0 Å². The van der Waals surface area contributed by atoms with E-state index in [1.165, 1.54) is 24.5 Å². The van der Waals surface area contributed by atoms with Crippen LogP contribution in [0.25, 0.3) is 11.0 Å². The molecule has 200 valence electrons. The smallest absolute Gasteiger partial charge is 0.450 e. The zero-order chi connectivity index (χ0) is 26.7. The predicted molar refractivity (Wildman–Crippen MR) is 134 cm³/mol. The molecule has 0 saturated heterocycles. The fourth-order valence-corrected chi connectivity index (χ4v) is 6.12. The van der Waals surface area contributed by atoms with Crippen molar-refractivity contribution in [2.45, 2.75) is 64.7 Å². The number of carbonyl (C=O) groups is 2. The van der Waals surface area contributed by atoms with Crippen molar-refractivity contribution in [3.8, 4) is 0 Å². The summed E-state index contributed by atoms with van der Waals surface area (Å²) in [5, 5.41) is 16.5. The second kappa shape index (κ2) is 11.1. The SMILES string of the molecule is C[C@H]1CC[C@@H](CC(=O)N2CCc3c(n(Cc4csc(C(F)(F)F)c4)c4ncccc34)C2)CC1.O=C(O)O. The van der Waals surface area contributed by atoms with Crippen LogP contribution in [0.3, 0.4) is 0 Å². The molecule has 0 atom stereocenters. The van der Waals surface area contributed by atoms with Crippen LogP contribution in [0.4, 0.5) is 18.0 Å². The fraction of sp³-hybridized carbons (Fsp3) is 0.500. The summed E-state index contributed by atoms with van der Waals surface area (Å²) in [7, 11) is 0. The first kappa shape index (κ1) is 27.0. The molecule has 5 rings (SSSR count). The first-order valence-corrected chi connectivity index (χ1v) is 13.2. The highest BCUT2D eigenvalue weighted by Crippen LogP contribution is 2.36. The van der Waals surface area contributed by atoms with Crippen LogP contribution < -0.4 is 0 Å². The van der Waals surface area contributed by atoms with Crippen molar-refractivity contribution < 1.29 is 33.0 Å². The molecule has 0 radical (unpaired) electrons. The lowest BCUT2D eigenvalue weighted by Crippen LogP contribution is -2.37. The number of aromatic nitrogens is 2. The summed E-state index contributed by atoms with van der Waals surface area (Å²) in [5.41, 5.74) is 3.55. The van der Waals surface area contributed by atoms with E-state index < -0.39 is 17.2 Å². The molecule has 1 amide bonds. The Balaban J connectivity index is 0.000000747. The summed E-state index contributed by atoms with van der Waals surface area (Å²) in [5.74, 6) is 1.42. The Morgan fingerprint density at radius 3 is 2.54 bits per heavy atom. The summed E-state index contributed by atoms with van der Waals surface area (Å²) < 4.78 is 41.3. The minimum Gasteiger partial charge on any atom is -0.450 e. The van der Waals surface area contributed by atoms with Gasteiger partial charge in [-0.3, -0.25) is 4.79 Å². The number of fused-ring (bicyclic) bond motifs is 3. The second-order valence-electron chi connectivity index (χ2n) is 9.88. The van der Waals surface area contributed by atoms with Gasteiger partial charge in [-0.25, -0.2) is 9.78 Å². The van der Waals surface area contributed by atoms with Crippen LogP contribution in [0.1, 0.15) is 60.7 Å². The molecule has 1 aliphatic heterocycles. The van der Waals surface area contributed by atoms with Gasteiger partial charge in [-0.2, -0.15) is 13.2 Å². The summed E-state index contributed by atoms with van der Waals surface area (Å²) >= 11 is 0.723. The average molecular weight is 538 g/mol. The average Bonchev–Trinajstić information content (AvgIpc) is 3.44. The van der Waals surface area contributed by atoms with E-state index in [0.29, 0.717) is 37.5 Å². The molecule has 2 aliphatic rings. The Labute approximate surface area is 216 Å². The molecule has 3 aromatic heterocycles. The number of alkyl halides is 3. The summed E-state index contributed by atoms with van der Waals surface area (Å²) in [4.78, 5) is 27.6. The molecule has 11 heteroatoms. The Morgan fingerprint density at radius 1 is 1.19 bits per heavy atom. The summed E-state index contributed by atoms with van der Waals surface area (Å²) in [6.45, 7) is 3.77. The van der Waals surface area contributed by atoms with Crippen LogP contribution in [-0.4, -0.2) is 43.3 Å². The molecule has 2 N–H and O–H groups in total. The van der Waals surface area contributed by atoms with E-state index in [1.54, 1.807) is 11.6 Å². The molecule has 1 fully saturated rings. The number of halogens is 3. The molecule has 0 bridgehead atoms. The van der Waals surface area contributed by atoms with Crippen molar-refractivity contribution in [2.75, 3.05) is 6.54 Å². The lowest BCUT2D eigenvalue weighted by Gasteiger charge is -2.31. The lowest BCUT2D eigenvalue weighted by molar-refractivity contribution is -0.134. The van der Waals surface area contributed by atoms with Gasteiger partial charge in [0.15, 0.2) is 0 Å². The number of thiophene rings is 1. The number of pyridine rings is 1. The zero-order valence-electron chi connectivity index (χ0n) is 20.5. The molecule has 1 aliphatic carbocycles. The summed E-state index contributed by atoms with van der Waals surface area (Å²) in [6.07, 6.45) is 1.53. The van der Waals surface area contributed by atoms with E-state index in [0.717, 1.165) is 53.2 Å². The van der Waals surface area contributed by atoms with Gasteiger partial charge in [0.2, 0.25) is 5.91 Å². The number of carbonyl (C=O) groups excluding carboxylic acids is 1. The van der Waals surface area contributed by atoms with Gasteiger partial charge in [-0.15, -0.1) is 11.3 Å². The number of nitrogens with zero attached hydrogens (tertiary/aromatic N) is 3. The monoisotopic (exact) mass is 537 g/mol. The predicted octanol–water partition coefficient (Wildman–Crippen LogP) is 6.49.